The Morgan fingerprint density at radius 2 is 1.69 bits per heavy atom. The highest BCUT2D eigenvalue weighted by molar-refractivity contribution is 6.13. The first-order valence-electron chi connectivity index (χ1n) is 8.05. The van der Waals surface area contributed by atoms with Gasteiger partial charge in [0.05, 0.1) is 18.4 Å². The largest absolute Gasteiger partial charge is 0.469 e. The van der Waals surface area contributed by atoms with Crippen molar-refractivity contribution in [1.82, 2.24) is 10.2 Å². The highest BCUT2D eigenvalue weighted by Gasteiger charge is 2.50. The number of carbonyl (C=O) groups excluding carboxylic acids is 3. The Morgan fingerprint density at radius 1 is 1.08 bits per heavy atom. The monoisotopic (exact) mass is 358 g/mol. The normalized spacial score (nSPS) is 12.8. The first-order valence-corrected chi connectivity index (χ1v) is 8.05. The van der Waals surface area contributed by atoms with Gasteiger partial charge >= 0.3 is 6.03 Å². The van der Waals surface area contributed by atoms with Gasteiger partial charge in [-0.15, -0.1) is 0 Å². The summed E-state index contributed by atoms with van der Waals surface area (Å²) in [6.07, 6.45) is 6.21. The van der Waals surface area contributed by atoms with Crippen molar-refractivity contribution in [3.8, 4) is 0 Å². The van der Waals surface area contributed by atoms with Crippen LogP contribution in [0.3, 0.4) is 0 Å². The highest BCUT2D eigenvalue weighted by Crippen LogP contribution is 2.33. The molecule has 7 heteroatoms. The number of nitrogens with one attached hydrogen (secondary N) is 1. The van der Waals surface area contributed by atoms with Crippen molar-refractivity contribution in [3.63, 3.8) is 0 Å². The zero-order chi connectivity index (χ0) is 19.3. The van der Waals surface area contributed by atoms with Crippen LogP contribution in [0.5, 0.6) is 0 Å². The Hall–Kier alpha value is -3.09. The Kier molecular flexibility index (Phi) is 5.82. The summed E-state index contributed by atoms with van der Waals surface area (Å²) < 4.78 is 10.7. The van der Waals surface area contributed by atoms with Crippen LogP contribution < -0.4 is 5.32 Å². The number of furan rings is 2. The maximum atomic E-state index is 12.6. The van der Waals surface area contributed by atoms with Crippen molar-refractivity contribution in [1.29, 1.82) is 0 Å². The third kappa shape index (κ3) is 3.77. The molecule has 1 N–H and O–H groups in total. The fraction of sp³-hybridized carbons (Fsp3) is 0.316. The first kappa shape index (κ1) is 19.2. The van der Waals surface area contributed by atoms with Gasteiger partial charge in [-0.2, -0.15) is 0 Å². The van der Waals surface area contributed by atoms with Gasteiger partial charge in [0.15, 0.2) is 17.1 Å². The van der Waals surface area contributed by atoms with Crippen LogP contribution in [0.2, 0.25) is 0 Å². The number of nitrogens with zero attached hydrogens (tertiary/aromatic N) is 1. The van der Waals surface area contributed by atoms with Crippen molar-refractivity contribution >= 4 is 23.7 Å². The SMILES string of the molecule is CC(=O)C(NC(=O)N(C)C)(C(C)=O)[C@H](/C=C/c1ccco1)c1ccco1. The van der Waals surface area contributed by atoms with Crippen LogP contribution in [-0.2, 0) is 9.59 Å². The zero-order valence-electron chi connectivity index (χ0n) is 15.2. The molecule has 2 aromatic rings. The summed E-state index contributed by atoms with van der Waals surface area (Å²) in [5.41, 5.74) is -1.80. The van der Waals surface area contributed by atoms with Gasteiger partial charge in [0.1, 0.15) is 11.5 Å². The average Bonchev–Trinajstić information content (AvgIpc) is 3.26. The number of hydrogen-bond donors (Lipinski definition) is 1. The number of ketones is 2. The molecule has 2 rings (SSSR count). The topological polar surface area (TPSA) is 92.8 Å². The lowest BCUT2D eigenvalue weighted by atomic mass is 9.75. The van der Waals surface area contributed by atoms with E-state index < -0.39 is 29.1 Å². The molecule has 0 bridgehead atoms. The third-order valence-electron chi connectivity index (χ3n) is 4.13. The van der Waals surface area contributed by atoms with Crippen LogP contribution in [0.1, 0.15) is 31.3 Å². The quantitative estimate of drug-likeness (QED) is 0.768. The van der Waals surface area contributed by atoms with E-state index in [-0.39, 0.29) is 0 Å². The van der Waals surface area contributed by atoms with Gasteiger partial charge in [0.25, 0.3) is 0 Å². The number of urea groups is 1. The van der Waals surface area contributed by atoms with E-state index in [1.807, 2.05) is 0 Å². The number of rotatable bonds is 7. The molecule has 0 fully saturated rings. The van der Waals surface area contributed by atoms with Gasteiger partial charge in [0, 0.05) is 14.1 Å². The van der Waals surface area contributed by atoms with Crippen molar-refractivity contribution in [3.05, 3.63) is 54.4 Å². The van der Waals surface area contributed by atoms with E-state index in [1.54, 1.807) is 36.4 Å². The molecule has 2 heterocycles. The Morgan fingerprint density at radius 3 is 2.15 bits per heavy atom. The number of carbonyl (C=O) groups is 3. The van der Waals surface area contributed by atoms with Crippen LogP contribution >= 0.6 is 0 Å². The van der Waals surface area contributed by atoms with E-state index in [0.717, 1.165) is 0 Å². The maximum Gasteiger partial charge on any atom is 0.318 e. The molecule has 2 aromatic heterocycles. The second-order valence-electron chi connectivity index (χ2n) is 6.11. The van der Waals surface area contributed by atoms with E-state index >= 15 is 0 Å². The molecule has 0 saturated carbocycles. The summed E-state index contributed by atoms with van der Waals surface area (Å²) in [4.78, 5) is 38.8. The number of Topliss-reactive ketones (excluding diaryl/α,β-unsaturated/α-hetero) is 2. The molecule has 0 aliphatic heterocycles. The molecule has 7 nitrogen and oxygen atoms in total. The van der Waals surface area contributed by atoms with Crippen LogP contribution in [0.15, 0.2) is 51.7 Å². The molecule has 0 radical (unpaired) electrons. The summed E-state index contributed by atoms with van der Waals surface area (Å²) >= 11 is 0. The van der Waals surface area contributed by atoms with Gasteiger partial charge in [-0.05, 0) is 44.2 Å². The summed E-state index contributed by atoms with van der Waals surface area (Å²) in [6.45, 7) is 2.54. The second kappa shape index (κ2) is 7.86. The molecule has 26 heavy (non-hydrogen) atoms. The van der Waals surface area contributed by atoms with E-state index in [0.29, 0.717) is 11.5 Å². The predicted molar refractivity (Wildman–Crippen MR) is 95.5 cm³/mol. The molecule has 0 spiro atoms. The van der Waals surface area contributed by atoms with Gasteiger partial charge < -0.3 is 19.1 Å². The molecular formula is C19H22N2O5. The standard InChI is InChI=1S/C19H22N2O5/c1-13(22)19(14(2)23,20-18(24)21(3)4)16(17-8-6-12-26-17)10-9-15-7-5-11-25-15/h5-12,16H,1-4H3,(H,20,24)/b10-9+/t16-/m1/s1. The molecule has 1 atom stereocenters. The number of hydrogen-bond acceptors (Lipinski definition) is 5. The van der Waals surface area contributed by atoms with Crippen molar-refractivity contribution in [2.24, 2.45) is 0 Å². The molecule has 0 unspecified atom stereocenters. The van der Waals surface area contributed by atoms with Crippen LogP contribution in [0.25, 0.3) is 6.08 Å². The lowest BCUT2D eigenvalue weighted by molar-refractivity contribution is -0.134. The molecule has 0 aromatic carbocycles. The van der Waals surface area contributed by atoms with Crippen LogP contribution in [0.4, 0.5) is 4.79 Å². The first-order chi connectivity index (χ1) is 12.3. The van der Waals surface area contributed by atoms with E-state index in [2.05, 4.69) is 5.32 Å². The van der Waals surface area contributed by atoms with Gasteiger partial charge in [-0.1, -0.05) is 6.08 Å². The Bertz CT molecular complexity index is 774. The lowest BCUT2D eigenvalue weighted by Crippen LogP contribution is -2.63. The fourth-order valence-electron chi connectivity index (χ4n) is 2.72. The average molecular weight is 358 g/mol. The second-order valence-corrected chi connectivity index (χ2v) is 6.11. The fourth-order valence-corrected chi connectivity index (χ4v) is 2.72. The lowest BCUT2D eigenvalue weighted by Gasteiger charge is -2.35. The summed E-state index contributed by atoms with van der Waals surface area (Å²) in [7, 11) is 3.06. The minimum Gasteiger partial charge on any atom is -0.469 e. The summed E-state index contributed by atoms with van der Waals surface area (Å²) in [5.74, 6) is -0.920. The molecule has 0 aliphatic carbocycles. The van der Waals surface area contributed by atoms with Crippen LogP contribution in [-0.4, -0.2) is 42.1 Å². The molecule has 0 saturated heterocycles. The van der Waals surface area contributed by atoms with Crippen molar-refractivity contribution in [2.75, 3.05) is 14.1 Å². The van der Waals surface area contributed by atoms with E-state index in [1.165, 1.54) is 45.4 Å². The molecule has 2 amide bonds. The van der Waals surface area contributed by atoms with E-state index in [4.69, 9.17) is 8.83 Å². The van der Waals surface area contributed by atoms with Gasteiger partial charge in [-0.25, -0.2) is 4.79 Å². The van der Waals surface area contributed by atoms with E-state index in [9.17, 15) is 14.4 Å². The zero-order valence-corrected chi connectivity index (χ0v) is 15.2. The molecular weight excluding hydrogens is 336 g/mol. The molecule has 138 valence electrons. The minimum absolute atomic E-state index is 0.372. The number of amides is 2. The van der Waals surface area contributed by atoms with Crippen molar-refractivity contribution < 1.29 is 23.2 Å². The Balaban J connectivity index is 2.58. The Labute approximate surface area is 151 Å². The summed E-state index contributed by atoms with van der Waals surface area (Å²) in [6, 6.07) is 6.20. The molecule has 0 aliphatic rings. The van der Waals surface area contributed by atoms with Gasteiger partial charge in [0.2, 0.25) is 0 Å². The van der Waals surface area contributed by atoms with Crippen LogP contribution in [0, 0.1) is 0 Å². The highest BCUT2D eigenvalue weighted by atomic mass is 16.3. The predicted octanol–water partition coefficient (Wildman–Crippen LogP) is 2.86. The maximum absolute atomic E-state index is 12.6. The minimum atomic E-state index is -1.80. The van der Waals surface area contributed by atoms with Gasteiger partial charge in [-0.3, -0.25) is 9.59 Å². The van der Waals surface area contributed by atoms with Crippen molar-refractivity contribution in [2.45, 2.75) is 25.3 Å². The smallest absolute Gasteiger partial charge is 0.318 e. The third-order valence-corrected chi connectivity index (χ3v) is 4.13. The summed E-state index contributed by atoms with van der Waals surface area (Å²) in [5, 5.41) is 2.59.